The monoisotopic (exact) mass is 376 g/mol. The number of hydrogen-bond acceptors (Lipinski definition) is 2. The molecule has 0 radical (unpaired) electrons. The van der Waals surface area contributed by atoms with E-state index in [1.165, 1.54) is 0 Å². The molecule has 5 heteroatoms. The molecule has 0 saturated carbocycles. The fourth-order valence-corrected chi connectivity index (χ4v) is 3.01. The molecule has 0 aliphatic heterocycles. The Kier molecular flexibility index (Phi) is 5.22. The number of amides is 1. The number of carbonyl (C=O) groups is 1. The van der Waals surface area contributed by atoms with E-state index in [0.717, 1.165) is 32.2 Å². The first kappa shape index (κ1) is 15.5. The highest BCUT2D eigenvalue weighted by Crippen LogP contribution is 2.40. The third kappa shape index (κ3) is 2.88. The van der Waals surface area contributed by atoms with Crippen LogP contribution in [0.5, 0.6) is 0 Å². The number of anilines is 2. The summed E-state index contributed by atoms with van der Waals surface area (Å²) >= 11 is 6.96. The second-order valence-corrected chi connectivity index (χ2v) is 6.10. The highest BCUT2D eigenvalue weighted by Gasteiger charge is 2.19. The van der Waals surface area contributed by atoms with Crippen LogP contribution in [0, 0.1) is 12.8 Å². The zero-order valence-corrected chi connectivity index (χ0v) is 14.2. The summed E-state index contributed by atoms with van der Waals surface area (Å²) in [4.78, 5) is 11.9. The van der Waals surface area contributed by atoms with Crippen molar-refractivity contribution in [2.45, 2.75) is 34.1 Å². The molecule has 3 N–H and O–H groups in total. The number of carbonyl (C=O) groups excluding carboxylic acids is 1. The molecule has 0 fully saturated rings. The number of nitrogen functional groups attached to an aromatic ring is 1. The van der Waals surface area contributed by atoms with Gasteiger partial charge in [-0.25, -0.2) is 0 Å². The van der Waals surface area contributed by atoms with E-state index < -0.39 is 0 Å². The molecule has 1 aromatic rings. The number of rotatable bonds is 3. The zero-order valence-electron chi connectivity index (χ0n) is 11.0. The van der Waals surface area contributed by atoms with Gasteiger partial charge in [-0.15, -0.1) is 0 Å². The van der Waals surface area contributed by atoms with Gasteiger partial charge in [0.2, 0.25) is 5.91 Å². The molecule has 0 bridgehead atoms. The quantitative estimate of drug-likeness (QED) is 0.773. The van der Waals surface area contributed by atoms with Gasteiger partial charge >= 0.3 is 0 Å². The van der Waals surface area contributed by atoms with Crippen molar-refractivity contribution in [1.82, 2.24) is 0 Å². The van der Waals surface area contributed by atoms with E-state index in [-0.39, 0.29) is 11.8 Å². The third-order valence-corrected chi connectivity index (χ3v) is 4.80. The Morgan fingerprint density at radius 2 is 1.89 bits per heavy atom. The molecule has 0 unspecified atom stereocenters. The van der Waals surface area contributed by atoms with Crippen LogP contribution < -0.4 is 11.1 Å². The summed E-state index contributed by atoms with van der Waals surface area (Å²) in [6.45, 7) is 7.73. The second kappa shape index (κ2) is 6.06. The van der Waals surface area contributed by atoms with Gasteiger partial charge in [0.15, 0.2) is 0 Å². The van der Waals surface area contributed by atoms with Crippen LogP contribution in [0.25, 0.3) is 0 Å². The molecular formula is C13H18Br2N2O. The Hall–Kier alpha value is -0.550. The van der Waals surface area contributed by atoms with Crippen molar-refractivity contribution < 1.29 is 4.79 Å². The summed E-state index contributed by atoms with van der Waals surface area (Å²) in [5.41, 5.74) is 9.53. The Balaban J connectivity index is 3.38. The van der Waals surface area contributed by atoms with Crippen molar-refractivity contribution in [2.24, 2.45) is 5.92 Å². The number of halogens is 2. The maximum Gasteiger partial charge on any atom is 0.226 e. The van der Waals surface area contributed by atoms with Crippen molar-refractivity contribution in [3.05, 3.63) is 20.1 Å². The molecule has 3 nitrogen and oxygen atoms in total. The maximum atomic E-state index is 11.9. The van der Waals surface area contributed by atoms with Gasteiger partial charge in [0, 0.05) is 20.6 Å². The van der Waals surface area contributed by atoms with Crippen LogP contribution in [0.15, 0.2) is 8.95 Å². The highest BCUT2D eigenvalue weighted by atomic mass is 79.9. The predicted molar refractivity (Wildman–Crippen MR) is 83.8 cm³/mol. The molecule has 0 heterocycles. The Morgan fingerprint density at radius 1 is 1.33 bits per heavy atom. The number of benzene rings is 1. The minimum atomic E-state index is -0.0517. The van der Waals surface area contributed by atoms with Crippen molar-refractivity contribution in [3.63, 3.8) is 0 Å². The number of nitrogens with two attached hydrogens (primary N) is 1. The lowest BCUT2D eigenvalue weighted by Crippen LogP contribution is -2.20. The van der Waals surface area contributed by atoms with Gasteiger partial charge in [0.25, 0.3) is 0 Å². The van der Waals surface area contributed by atoms with Crippen molar-refractivity contribution in [1.29, 1.82) is 0 Å². The Bertz CT molecular complexity index is 485. The van der Waals surface area contributed by atoms with Gasteiger partial charge in [-0.3, -0.25) is 4.79 Å². The molecule has 100 valence electrons. The molecule has 0 saturated heterocycles. The molecule has 1 rings (SSSR count). The molecule has 0 atom stereocenters. The fourth-order valence-electron chi connectivity index (χ4n) is 1.68. The van der Waals surface area contributed by atoms with Crippen LogP contribution in [0.3, 0.4) is 0 Å². The summed E-state index contributed by atoms with van der Waals surface area (Å²) in [5, 5.41) is 2.98. The minimum absolute atomic E-state index is 0.0105. The molecule has 18 heavy (non-hydrogen) atoms. The van der Waals surface area contributed by atoms with Crippen LogP contribution >= 0.6 is 31.9 Å². The third-order valence-electron chi connectivity index (χ3n) is 2.87. The SMILES string of the molecule is CCc1c(Br)c(N)c(Br)c(C)c1NC(=O)C(C)C. The highest BCUT2D eigenvalue weighted by molar-refractivity contribution is 9.11. The lowest BCUT2D eigenvalue weighted by atomic mass is 10.0. The van der Waals surface area contributed by atoms with E-state index in [1.807, 2.05) is 27.7 Å². The van der Waals surface area contributed by atoms with Crippen LogP contribution in [0.4, 0.5) is 11.4 Å². The topological polar surface area (TPSA) is 55.1 Å². The molecular weight excluding hydrogens is 360 g/mol. The molecule has 0 aliphatic carbocycles. The van der Waals surface area contributed by atoms with Crippen LogP contribution in [0.1, 0.15) is 31.9 Å². The van der Waals surface area contributed by atoms with E-state index >= 15 is 0 Å². The maximum absolute atomic E-state index is 11.9. The normalized spacial score (nSPS) is 10.8. The average Bonchev–Trinajstić information content (AvgIpc) is 2.33. The number of nitrogens with one attached hydrogen (secondary N) is 1. The predicted octanol–water partition coefficient (Wildman–Crippen LogP) is 4.26. The van der Waals surface area contributed by atoms with E-state index in [1.54, 1.807) is 0 Å². The van der Waals surface area contributed by atoms with Crippen LogP contribution in [-0.4, -0.2) is 5.91 Å². The molecule has 1 aromatic carbocycles. The van der Waals surface area contributed by atoms with Crippen molar-refractivity contribution in [2.75, 3.05) is 11.1 Å². The molecule has 0 aliphatic rings. The van der Waals surface area contributed by atoms with Gasteiger partial charge < -0.3 is 11.1 Å². The Morgan fingerprint density at radius 3 is 2.33 bits per heavy atom. The first-order valence-electron chi connectivity index (χ1n) is 5.87. The standard InChI is InChI=1S/C13H18Br2N2O/c1-5-8-10(15)11(16)9(14)7(4)12(8)17-13(18)6(2)3/h6H,5,16H2,1-4H3,(H,17,18). The first-order chi connectivity index (χ1) is 8.31. The van der Waals surface area contributed by atoms with Crippen LogP contribution in [-0.2, 0) is 11.2 Å². The minimum Gasteiger partial charge on any atom is -0.397 e. The lowest BCUT2D eigenvalue weighted by molar-refractivity contribution is -0.118. The number of hydrogen-bond donors (Lipinski definition) is 2. The smallest absolute Gasteiger partial charge is 0.226 e. The van der Waals surface area contributed by atoms with E-state index in [9.17, 15) is 4.79 Å². The van der Waals surface area contributed by atoms with Gasteiger partial charge in [-0.05, 0) is 56.3 Å². The van der Waals surface area contributed by atoms with E-state index in [0.29, 0.717) is 5.69 Å². The lowest BCUT2D eigenvalue weighted by Gasteiger charge is -2.19. The molecule has 0 aromatic heterocycles. The van der Waals surface area contributed by atoms with Gasteiger partial charge in [0.1, 0.15) is 0 Å². The van der Waals surface area contributed by atoms with Gasteiger partial charge in [-0.1, -0.05) is 20.8 Å². The largest absolute Gasteiger partial charge is 0.397 e. The summed E-state index contributed by atoms with van der Waals surface area (Å²) in [6.07, 6.45) is 0.798. The van der Waals surface area contributed by atoms with E-state index in [4.69, 9.17) is 5.73 Å². The van der Waals surface area contributed by atoms with Crippen molar-refractivity contribution >= 4 is 49.1 Å². The summed E-state index contributed by atoms with van der Waals surface area (Å²) in [5.74, 6) is -0.0411. The Labute approximate surface area is 125 Å². The summed E-state index contributed by atoms with van der Waals surface area (Å²) < 4.78 is 1.67. The molecule has 1 amide bonds. The van der Waals surface area contributed by atoms with Crippen LogP contribution in [0.2, 0.25) is 0 Å². The average molecular weight is 378 g/mol. The zero-order chi connectivity index (χ0) is 14.0. The van der Waals surface area contributed by atoms with Gasteiger partial charge in [0.05, 0.1) is 5.69 Å². The van der Waals surface area contributed by atoms with E-state index in [2.05, 4.69) is 37.2 Å². The van der Waals surface area contributed by atoms with Gasteiger partial charge in [-0.2, -0.15) is 0 Å². The van der Waals surface area contributed by atoms with Crippen molar-refractivity contribution in [3.8, 4) is 0 Å². The summed E-state index contributed by atoms with van der Waals surface area (Å²) in [6, 6.07) is 0. The fraction of sp³-hybridized carbons (Fsp3) is 0.462. The second-order valence-electron chi connectivity index (χ2n) is 4.52. The summed E-state index contributed by atoms with van der Waals surface area (Å²) in [7, 11) is 0. The molecule has 0 spiro atoms. The first-order valence-corrected chi connectivity index (χ1v) is 7.46.